The van der Waals surface area contributed by atoms with Crippen molar-refractivity contribution in [2.75, 3.05) is 19.6 Å². The molecule has 19 rings (SSSR count). The number of rotatable bonds is 5. The van der Waals surface area contributed by atoms with Gasteiger partial charge in [-0.1, -0.05) is 124 Å². The Kier molecular flexibility index (Phi) is 11.4. The number of hydrogen-bond acceptors (Lipinski definition) is 8. The Hall–Kier alpha value is -3.80. The molecule has 8 nitrogen and oxygen atoms in total. The quantitative estimate of drug-likeness (QED) is 0.171. The van der Waals surface area contributed by atoms with Crippen LogP contribution < -0.4 is 5.73 Å². The number of fused-ring (bicyclic) bond motifs is 8. The average Bonchev–Trinajstić information content (AvgIpc) is 1.30. The van der Waals surface area contributed by atoms with Gasteiger partial charge < -0.3 is 25.2 Å². The summed E-state index contributed by atoms with van der Waals surface area (Å²) >= 11 is 0. The lowest BCUT2D eigenvalue weighted by Crippen LogP contribution is -2.78. The summed E-state index contributed by atoms with van der Waals surface area (Å²) in [5, 5.41) is 14.4. The monoisotopic (exact) mass is 1130 g/mol. The SMILES string of the molecule is NCCCc1cccc2c1C(=O)OC21C2CC(C3CCCCC3)C=CC3CC4C5C6=C3C23C(=O)OC(=C(O)CC2C7CC8(CCCC8)C8(CCCC89CCCC9C#CCC8C9CC(CN82)C2CCC(=C5N2C9)CC4C2CCCCC2)C7)C31CC6. The number of nitrogens with two attached hydrogens (primary N) is 1. The minimum absolute atomic E-state index is 0.0988. The van der Waals surface area contributed by atoms with E-state index in [9.17, 15) is 5.11 Å². The first-order valence-corrected chi connectivity index (χ1v) is 36.0. The Labute approximate surface area is 501 Å². The van der Waals surface area contributed by atoms with E-state index in [0.717, 1.165) is 62.2 Å². The van der Waals surface area contributed by atoms with Crippen molar-refractivity contribution in [3.05, 3.63) is 81.0 Å². The molecule has 18 unspecified atom stereocenters. The summed E-state index contributed by atoms with van der Waals surface area (Å²) in [5.74, 6) is 13.7. The number of allylic oxidation sites excluding steroid dienone is 4. The highest BCUT2D eigenvalue weighted by molar-refractivity contribution is 6.00. The highest BCUT2D eigenvalue weighted by atomic mass is 16.6. The Morgan fingerprint density at radius 2 is 1.55 bits per heavy atom. The first kappa shape index (κ1) is 52.2. The molecule has 1 aromatic carbocycles. The van der Waals surface area contributed by atoms with E-state index in [0.29, 0.717) is 107 Å². The fraction of sp³-hybridized carbons (Fsp3) is 0.763. The van der Waals surface area contributed by atoms with Crippen LogP contribution in [0.4, 0.5) is 0 Å². The number of hydrogen-bond donors (Lipinski definition) is 2. The third-order valence-electron chi connectivity index (χ3n) is 30.9. The highest BCUT2D eigenvalue weighted by Gasteiger charge is 2.94. The van der Waals surface area contributed by atoms with Crippen LogP contribution in [-0.2, 0) is 26.3 Å². The molecule has 3 saturated heterocycles. The molecule has 0 amide bonds. The molecule has 446 valence electrons. The smallest absolute Gasteiger partial charge is 0.339 e. The molecule has 3 N–H and O–H groups in total. The van der Waals surface area contributed by atoms with Crippen molar-refractivity contribution in [3.8, 4) is 11.8 Å². The van der Waals surface area contributed by atoms with E-state index in [1.54, 1.807) is 16.8 Å². The average molecular weight is 1130 g/mol. The van der Waals surface area contributed by atoms with Gasteiger partial charge in [0.2, 0.25) is 0 Å². The van der Waals surface area contributed by atoms with Gasteiger partial charge in [0.05, 0.1) is 11.0 Å². The lowest BCUT2D eigenvalue weighted by molar-refractivity contribution is -0.282. The predicted octanol–water partition coefficient (Wildman–Crippen LogP) is 15.1. The molecule has 18 aliphatic rings. The third kappa shape index (κ3) is 6.24. The molecule has 8 heteroatoms. The van der Waals surface area contributed by atoms with Gasteiger partial charge in [-0.2, -0.15) is 0 Å². The minimum Gasteiger partial charge on any atom is -0.509 e. The topological polar surface area (TPSA) is 105 Å². The summed E-state index contributed by atoms with van der Waals surface area (Å²) < 4.78 is 15.1. The van der Waals surface area contributed by atoms with E-state index in [2.05, 4.69) is 52.0 Å². The predicted molar refractivity (Wildman–Crippen MR) is 324 cm³/mol. The number of piperidine rings is 2. The second kappa shape index (κ2) is 18.4. The van der Waals surface area contributed by atoms with Crippen molar-refractivity contribution < 1.29 is 24.2 Å². The summed E-state index contributed by atoms with van der Waals surface area (Å²) in [4.78, 5) is 39.0. The van der Waals surface area contributed by atoms with Crippen LogP contribution in [0.1, 0.15) is 233 Å². The van der Waals surface area contributed by atoms with Crippen molar-refractivity contribution in [2.45, 2.75) is 242 Å². The van der Waals surface area contributed by atoms with Gasteiger partial charge in [0.15, 0.2) is 11.4 Å². The van der Waals surface area contributed by atoms with E-state index in [-0.39, 0.29) is 47.1 Å². The van der Waals surface area contributed by atoms with E-state index in [4.69, 9.17) is 15.2 Å². The molecule has 0 aromatic heterocycles. The maximum absolute atomic E-state index is 17.1. The van der Waals surface area contributed by atoms with Crippen LogP contribution in [0.2, 0.25) is 0 Å². The van der Waals surface area contributed by atoms with Crippen LogP contribution in [0.5, 0.6) is 0 Å². The summed E-state index contributed by atoms with van der Waals surface area (Å²) in [6.07, 6.45) is 45.7. The Morgan fingerprint density at radius 3 is 2.39 bits per heavy atom. The fourth-order valence-electron chi connectivity index (χ4n) is 28.6. The van der Waals surface area contributed by atoms with Gasteiger partial charge in [-0.05, 0) is 216 Å². The van der Waals surface area contributed by atoms with Crippen LogP contribution in [0, 0.1) is 110 Å². The van der Waals surface area contributed by atoms with Gasteiger partial charge in [-0.25, -0.2) is 4.79 Å². The number of benzene rings is 1. The number of esters is 2. The Morgan fingerprint density at radius 1 is 0.726 bits per heavy atom. The van der Waals surface area contributed by atoms with Gasteiger partial charge in [-0.15, -0.1) is 5.92 Å². The molecular weight excluding hydrogens is 1030 g/mol. The van der Waals surface area contributed by atoms with Crippen LogP contribution in [0.15, 0.2) is 64.3 Å². The first-order chi connectivity index (χ1) is 41.2. The van der Waals surface area contributed by atoms with Crippen LogP contribution >= 0.6 is 0 Å². The number of aliphatic hydroxyl groups excluding tert-OH is 1. The van der Waals surface area contributed by atoms with E-state index >= 15 is 9.59 Å². The maximum Gasteiger partial charge on any atom is 0.339 e. The maximum atomic E-state index is 17.1. The normalized spacial score (nSPS) is 47.2. The summed E-state index contributed by atoms with van der Waals surface area (Å²) in [7, 11) is 0. The van der Waals surface area contributed by atoms with Crippen LogP contribution in [-0.4, -0.2) is 64.6 Å². The van der Waals surface area contributed by atoms with Crippen molar-refractivity contribution in [2.24, 2.45) is 104 Å². The summed E-state index contributed by atoms with van der Waals surface area (Å²) in [6.45, 7) is 2.75. The zero-order chi connectivity index (χ0) is 55.7. The highest BCUT2D eigenvalue weighted by Crippen LogP contribution is 2.89. The molecular formula is C76H97N3O5. The van der Waals surface area contributed by atoms with Crippen molar-refractivity contribution in [1.82, 2.24) is 9.80 Å². The lowest BCUT2D eigenvalue weighted by Gasteiger charge is -2.73. The second-order valence-electron chi connectivity index (χ2n) is 32.9. The van der Waals surface area contributed by atoms with E-state index in [1.807, 2.05) is 0 Å². The summed E-state index contributed by atoms with van der Waals surface area (Å²) in [6, 6.07) is 7.50. The van der Waals surface area contributed by atoms with Gasteiger partial charge in [0.25, 0.3) is 0 Å². The number of ether oxygens (including phenoxy) is 2. The molecule has 6 spiro atoms. The molecule has 7 heterocycles. The lowest BCUT2D eigenvalue weighted by atomic mass is 9.27. The number of nitrogens with zero attached hydrogens (tertiary/aromatic N) is 2. The second-order valence-corrected chi connectivity index (χ2v) is 32.9. The van der Waals surface area contributed by atoms with Crippen molar-refractivity contribution in [1.29, 1.82) is 0 Å². The molecule has 10 fully saturated rings. The zero-order valence-corrected chi connectivity index (χ0v) is 50.8. The van der Waals surface area contributed by atoms with Gasteiger partial charge in [0, 0.05) is 73.1 Å². The molecule has 7 saturated carbocycles. The molecule has 18 atom stereocenters. The molecule has 0 radical (unpaired) electrons. The molecule has 1 aromatic rings. The molecule has 7 aliphatic heterocycles. The minimum atomic E-state index is -1.16. The number of carbonyl (C=O) groups excluding carboxylic acids is 2. The zero-order valence-electron chi connectivity index (χ0n) is 50.8. The standard InChI is InChI=1S/C76H97N3O5/c77-35-12-19-47-18-9-22-58-64(47)69(81)84-76(58)63-39-48(45-14-3-1-4-15-45)24-25-49-37-57-56(46-16-5-2-6-17-46)38-50-26-27-60-51-36-52-44-79(60)67(50)65(57)55-28-34-74(76)68(83-70(82)75(63,74)66(49)55)62(80)40-61-53-41-71(29-7-8-30-71)73(42-53)33-13-32-72(73)31-11-21-54(72)20-10-23-59(52)78(61)43-51/h9,18,22,24-25,45-46,48-49,51-54,56-57,59-61,63,65,80H,1-8,11-17,19,21,23,26-44,77H2. The van der Waals surface area contributed by atoms with E-state index in [1.165, 1.54) is 173 Å². The number of aryl methyl sites for hydroxylation is 1. The van der Waals surface area contributed by atoms with E-state index < -0.39 is 16.4 Å². The van der Waals surface area contributed by atoms with Crippen molar-refractivity contribution in [3.63, 3.8) is 0 Å². The van der Waals surface area contributed by atoms with Crippen LogP contribution in [0.25, 0.3) is 0 Å². The van der Waals surface area contributed by atoms with Gasteiger partial charge in [-0.3, -0.25) is 9.69 Å². The molecule has 11 aliphatic carbocycles. The number of carbonyl (C=O) groups is 2. The summed E-state index contributed by atoms with van der Waals surface area (Å²) in [5.41, 5.74) is 13.1. The molecule has 84 heavy (non-hydrogen) atoms. The number of aliphatic hydroxyl groups is 1. The van der Waals surface area contributed by atoms with Crippen LogP contribution in [0.3, 0.4) is 0 Å². The van der Waals surface area contributed by atoms with Gasteiger partial charge in [0.1, 0.15) is 11.2 Å². The molecule has 10 bridgehead atoms. The fourth-order valence-corrected chi connectivity index (χ4v) is 28.6. The third-order valence-corrected chi connectivity index (χ3v) is 30.9. The Bertz CT molecular complexity index is 3190. The first-order valence-electron chi connectivity index (χ1n) is 36.0. The van der Waals surface area contributed by atoms with Gasteiger partial charge >= 0.3 is 11.9 Å². The Balaban J connectivity index is 0.884. The van der Waals surface area contributed by atoms with Crippen molar-refractivity contribution >= 4 is 11.9 Å². The largest absolute Gasteiger partial charge is 0.509 e.